The summed E-state index contributed by atoms with van der Waals surface area (Å²) in [5, 5.41) is 11.0. The highest BCUT2D eigenvalue weighted by Gasteiger charge is 2.36. The van der Waals surface area contributed by atoms with Gasteiger partial charge in [0, 0.05) is 25.6 Å². The molecule has 0 radical (unpaired) electrons. The van der Waals surface area contributed by atoms with Crippen molar-refractivity contribution in [3.05, 3.63) is 17.8 Å². The predicted octanol–water partition coefficient (Wildman–Crippen LogP) is 1.14. The van der Waals surface area contributed by atoms with Crippen LogP contribution in [0, 0.1) is 12.3 Å². The molecule has 2 rings (SSSR count). The van der Waals surface area contributed by atoms with E-state index in [9.17, 15) is 4.79 Å². The molecule has 1 saturated heterocycles. The van der Waals surface area contributed by atoms with E-state index < -0.39 is 0 Å². The molecule has 1 aliphatic heterocycles. The van der Waals surface area contributed by atoms with E-state index in [4.69, 9.17) is 0 Å². The minimum absolute atomic E-state index is 0.136. The van der Waals surface area contributed by atoms with Crippen LogP contribution in [-0.4, -0.2) is 36.2 Å². The molecule has 0 aliphatic carbocycles. The second-order valence-electron chi connectivity index (χ2n) is 5.16. The number of nitrogens with one attached hydrogen (secondary N) is 1. The van der Waals surface area contributed by atoms with Crippen LogP contribution < -0.4 is 10.2 Å². The van der Waals surface area contributed by atoms with Crippen molar-refractivity contribution < 1.29 is 4.79 Å². The number of aryl methyl sites for hydroxylation is 1. The molecule has 0 spiro atoms. The van der Waals surface area contributed by atoms with Gasteiger partial charge >= 0.3 is 0 Å². The molecule has 1 aliphatic rings. The summed E-state index contributed by atoms with van der Waals surface area (Å²) >= 11 is 0. The van der Waals surface area contributed by atoms with Gasteiger partial charge in [0.2, 0.25) is 5.91 Å². The van der Waals surface area contributed by atoms with Crippen LogP contribution in [0.25, 0.3) is 0 Å². The molecule has 0 saturated carbocycles. The van der Waals surface area contributed by atoms with Gasteiger partial charge in [0.1, 0.15) is 0 Å². The van der Waals surface area contributed by atoms with Crippen molar-refractivity contribution in [1.82, 2.24) is 15.5 Å². The van der Waals surface area contributed by atoms with Gasteiger partial charge in [0.15, 0.2) is 5.82 Å². The fraction of sp³-hybridized carbons (Fsp3) is 0.615. The number of amides is 1. The van der Waals surface area contributed by atoms with Crippen molar-refractivity contribution in [3.8, 4) is 0 Å². The first-order chi connectivity index (χ1) is 8.55. The maximum absolute atomic E-state index is 11.8. The van der Waals surface area contributed by atoms with Gasteiger partial charge in [-0.25, -0.2) is 0 Å². The van der Waals surface area contributed by atoms with Crippen molar-refractivity contribution in [2.45, 2.75) is 26.7 Å². The van der Waals surface area contributed by atoms with Gasteiger partial charge in [-0.15, -0.1) is 5.10 Å². The van der Waals surface area contributed by atoms with E-state index in [0.717, 1.165) is 37.4 Å². The summed E-state index contributed by atoms with van der Waals surface area (Å²) in [4.78, 5) is 14.0. The van der Waals surface area contributed by atoms with Crippen molar-refractivity contribution >= 4 is 11.7 Å². The Bertz CT molecular complexity index is 421. The number of anilines is 1. The Morgan fingerprint density at radius 3 is 2.50 bits per heavy atom. The minimum atomic E-state index is -0.247. The molecule has 0 unspecified atom stereocenters. The minimum Gasteiger partial charge on any atom is -0.359 e. The molecular formula is C13H20N4O. The number of hydrogen-bond donors (Lipinski definition) is 1. The normalized spacial score (nSPS) is 18.5. The van der Waals surface area contributed by atoms with Crippen molar-refractivity contribution in [2.24, 2.45) is 5.41 Å². The lowest BCUT2D eigenvalue weighted by Gasteiger charge is -2.38. The first kappa shape index (κ1) is 12.8. The molecule has 0 aromatic carbocycles. The maximum atomic E-state index is 11.8. The van der Waals surface area contributed by atoms with Gasteiger partial charge in [-0.05, 0) is 31.9 Å². The molecule has 5 nitrogen and oxygen atoms in total. The third kappa shape index (κ3) is 2.44. The lowest BCUT2D eigenvalue weighted by Crippen LogP contribution is -2.46. The number of rotatable bonds is 2. The third-order valence-corrected chi connectivity index (χ3v) is 3.75. The van der Waals surface area contributed by atoms with Crippen LogP contribution in [0.15, 0.2) is 12.1 Å². The fourth-order valence-electron chi connectivity index (χ4n) is 2.32. The number of nitrogens with zero attached hydrogens (tertiary/aromatic N) is 3. The van der Waals surface area contributed by atoms with Gasteiger partial charge in [-0.3, -0.25) is 4.79 Å². The lowest BCUT2D eigenvalue weighted by molar-refractivity contribution is -0.130. The van der Waals surface area contributed by atoms with Gasteiger partial charge in [0.25, 0.3) is 0 Å². The first-order valence-corrected chi connectivity index (χ1v) is 6.33. The van der Waals surface area contributed by atoms with Crippen LogP contribution in [0.5, 0.6) is 0 Å². The van der Waals surface area contributed by atoms with Crippen molar-refractivity contribution in [2.75, 3.05) is 25.0 Å². The number of carbonyl (C=O) groups excluding carboxylic acids is 1. The van der Waals surface area contributed by atoms with Gasteiger partial charge in [0.05, 0.1) is 5.69 Å². The highest BCUT2D eigenvalue weighted by Crippen LogP contribution is 2.32. The molecule has 0 atom stereocenters. The van der Waals surface area contributed by atoms with E-state index in [0.29, 0.717) is 0 Å². The van der Waals surface area contributed by atoms with Crippen LogP contribution >= 0.6 is 0 Å². The number of aromatic nitrogens is 2. The third-order valence-electron chi connectivity index (χ3n) is 3.75. The van der Waals surface area contributed by atoms with E-state index >= 15 is 0 Å². The number of hydrogen-bond acceptors (Lipinski definition) is 4. The van der Waals surface area contributed by atoms with E-state index in [-0.39, 0.29) is 11.3 Å². The molecule has 1 aromatic heterocycles. The largest absolute Gasteiger partial charge is 0.359 e. The molecule has 2 heterocycles. The van der Waals surface area contributed by atoms with Crippen molar-refractivity contribution in [3.63, 3.8) is 0 Å². The predicted molar refractivity (Wildman–Crippen MR) is 70.4 cm³/mol. The van der Waals surface area contributed by atoms with Gasteiger partial charge in [-0.2, -0.15) is 5.10 Å². The quantitative estimate of drug-likeness (QED) is 0.852. The zero-order valence-corrected chi connectivity index (χ0v) is 11.2. The average Bonchev–Trinajstić information content (AvgIpc) is 2.40. The Balaban J connectivity index is 2.02. The Labute approximate surface area is 108 Å². The van der Waals surface area contributed by atoms with Crippen LogP contribution in [0.1, 0.15) is 25.5 Å². The van der Waals surface area contributed by atoms with Gasteiger partial charge in [-0.1, -0.05) is 6.92 Å². The Morgan fingerprint density at radius 2 is 2.00 bits per heavy atom. The maximum Gasteiger partial charge on any atom is 0.225 e. The molecule has 0 bridgehead atoms. The molecule has 1 aromatic rings. The lowest BCUT2D eigenvalue weighted by atomic mass is 9.79. The molecule has 18 heavy (non-hydrogen) atoms. The second kappa shape index (κ2) is 4.92. The summed E-state index contributed by atoms with van der Waals surface area (Å²) in [6.45, 7) is 5.66. The standard InChI is InChI=1S/C13H20N4O/c1-10-4-5-11(16-15-10)17-8-6-13(2,7-9-17)12(18)14-3/h4-5H,6-9H2,1-3H3,(H,14,18). The van der Waals surface area contributed by atoms with Crippen molar-refractivity contribution in [1.29, 1.82) is 0 Å². The summed E-state index contributed by atoms with van der Waals surface area (Å²) in [6, 6.07) is 3.96. The first-order valence-electron chi connectivity index (χ1n) is 6.33. The number of piperidine rings is 1. The Kier molecular flexibility index (Phi) is 3.50. The summed E-state index contributed by atoms with van der Waals surface area (Å²) < 4.78 is 0. The van der Waals surface area contributed by atoms with E-state index in [1.807, 2.05) is 26.0 Å². The topological polar surface area (TPSA) is 58.1 Å². The molecule has 1 amide bonds. The summed E-state index contributed by atoms with van der Waals surface area (Å²) in [6.07, 6.45) is 1.70. The SMILES string of the molecule is CNC(=O)C1(C)CCN(c2ccc(C)nn2)CC1. The van der Waals surface area contributed by atoms with E-state index in [1.54, 1.807) is 7.05 Å². The summed E-state index contributed by atoms with van der Waals surface area (Å²) in [5.41, 5.74) is 0.676. The van der Waals surface area contributed by atoms with Gasteiger partial charge < -0.3 is 10.2 Å². The van der Waals surface area contributed by atoms with E-state index in [2.05, 4.69) is 20.4 Å². The average molecular weight is 248 g/mol. The molecule has 5 heteroatoms. The zero-order chi connectivity index (χ0) is 13.2. The molecule has 1 fully saturated rings. The molecule has 98 valence electrons. The number of carbonyl (C=O) groups is 1. The zero-order valence-electron chi connectivity index (χ0n) is 11.2. The van der Waals surface area contributed by atoms with Crippen LogP contribution in [0.4, 0.5) is 5.82 Å². The Hall–Kier alpha value is -1.65. The van der Waals surface area contributed by atoms with Crippen LogP contribution in [0.3, 0.4) is 0 Å². The van der Waals surface area contributed by atoms with Crippen LogP contribution in [-0.2, 0) is 4.79 Å². The smallest absolute Gasteiger partial charge is 0.225 e. The highest BCUT2D eigenvalue weighted by molar-refractivity contribution is 5.82. The van der Waals surface area contributed by atoms with E-state index in [1.165, 1.54) is 0 Å². The highest BCUT2D eigenvalue weighted by atomic mass is 16.2. The van der Waals surface area contributed by atoms with Crippen LogP contribution in [0.2, 0.25) is 0 Å². The monoisotopic (exact) mass is 248 g/mol. The fourth-order valence-corrected chi connectivity index (χ4v) is 2.32. The summed E-state index contributed by atoms with van der Waals surface area (Å²) in [7, 11) is 1.70. The second-order valence-corrected chi connectivity index (χ2v) is 5.16. The molecule has 1 N–H and O–H groups in total. The Morgan fingerprint density at radius 1 is 1.33 bits per heavy atom. The molecular weight excluding hydrogens is 228 g/mol. The summed E-state index contributed by atoms with van der Waals surface area (Å²) in [5.74, 6) is 1.04.